The van der Waals surface area contributed by atoms with Crippen LogP contribution in [-0.4, -0.2) is 19.0 Å². The van der Waals surface area contributed by atoms with Crippen LogP contribution >= 0.6 is 11.6 Å². The van der Waals surface area contributed by atoms with Crippen LogP contribution in [0.25, 0.3) is 0 Å². The van der Waals surface area contributed by atoms with E-state index in [1.165, 1.54) is 36.2 Å². The van der Waals surface area contributed by atoms with Crippen molar-refractivity contribution in [3.8, 4) is 0 Å². The van der Waals surface area contributed by atoms with Gasteiger partial charge in [-0.15, -0.1) is 0 Å². The largest absolute Gasteiger partial charge is 0.465 e. The predicted molar refractivity (Wildman–Crippen MR) is 83.1 cm³/mol. The van der Waals surface area contributed by atoms with E-state index < -0.39 is 23.6 Å². The molecule has 1 heterocycles. The fourth-order valence-corrected chi connectivity index (χ4v) is 2.18. The van der Waals surface area contributed by atoms with Gasteiger partial charge in [0.25, 0.3) is 5.91 Å². The molecule has 0 bridgehead atoms. The highest BCUT2D eigenvalue weighted by molar-refractivity contribution is 6.33. The van der Waals surface area contributed by atoms with Gasteiger partial charge in [-0.2, -0.15) is 17.7 Å². The van der Waals surface area contributed by atoms with Gasteiger partial charge in [0.2, 0.25) is 6.54 Å². The lowest BCUT2D eigenvalue weighted by Crippen LogP contribution is -2.40. The Morgan fingerprint density at radius 3 is 2.64 bits per heavy atom. The molecule has 2 aromatic rings. The molecular weight excluding hydrogens is 361 g/mol. The topological polar surface area (TPSA) is 59.3 Å². The van der Waals surface area contributed by atoms with Crippen molar-refractivity contribution in [1.29, 1.82) is 0 Å². The second-order valence-electron chi connectivity index (χ2n) is 5.00. The third-order valence-electron chi connectivity index (χ3n) is 3.17. The fraction of sp³-hybridized carbons (Fsp3) is 0.188. The van der Waals surface area contributed by atoms with E-state index in [2.05, 4.69) is 10.1 Å². The summed E-state index contributed by atoms with van der Waals surface area (Å²) < 4.78 is 44.2. The average molecular weight is 374 g/mol. The van der Waals surface area contributed by atoms with Gasteiger partial charge >= 0.3 is 12.1 Å². The molecule has 1 aromatic carbocycles. The van der Waals surface area contributed by atoms with E-state index in [4.69, 9.17) is 11.6 Å². The molecule has 25 heavy (non-hydrogen) atoms. The van der Waals surface area contributed by atoms with Gasteiger partial charge in [-0.05, 0) is 24.3 Å². The summed E-state index contributed by atoms with van der Waals surface area (Å²) >= 11 is 5.83. The summed E-state index contributed by atoms with van der Waals surface area (Å²) in [6.07, 6.45) is -1.63. The van der Waals surface area contributed by atoms with E-state index in [9.17, 15) is 22.8 Å². The van der Waals surface area contributed by atoms with Crippen LogP contribution in [-0.2, 0) is 22.3 Å². The maximum Gasteiger partial charge on any atom is 0.416 e. The Morgan fingerprint density at radius 2 is 2.00 bits per heavy atom. The van der Waals surface area contributed by atoms with Gasteiger partial charge in [0.15, 0.2) is 12.4 Å². The molecule has 5 nitrogen and oxygen atoms in total. The monoisotopic (exact) mass is 373 g/mol. The third kappa shape index (κ3) is 4.93. The number of ether oxygens (including phenoxy) is 1. The lowest BCUT2D eigenvalue weighted by atomic mass is 10.2. The first-order valence-electron chi connectivity index (χ1n) is 6.94. The predicted octanol–water partition coefficient (Wildman–Crippen LogP) is 3.07. The summed E-state index contributed by atoms with van der Waals surface area (Å²) in [5.74, 6) is -1.18. The Hall–Kier alpha value is -2.61. The first-order valence-corrected chi connectivity index (χ1v) is 7.32. The zero-order chi connectivity index (χ0) is 18.6. The van der Waals surface area contributed by atoms with Crippen molar-refractivity contribution in [3.05, 3.63) is 58.9 Å². The number of amides is 1. The van der Waals surface area contributed by atoms with Crippen LogP contribution in [0.15, 0.2) is 42.7 Å². The number of pyridine rings is 1. The Kier molecular flexibility index (Phi) is 5.63. The molecule has 0 fully saturated rings. The summed E-state index contributed by atoms with van der Waals surface area (Å²) in [6, 6.07) is 5.69. The number of rotatable bonds is 4. The highest BCUT2D eigenvalue weighted by atomic mass is 35.5. The first kappa shape index (κ1) is 18.7. The number of aromatic nitrogens is 1. The molecule has 0 saturated carbocycles. The minimum absolute atomic E-state index is 0.0188. The standard InChI is InChI=1S/C16H12ClF3N2O3/c1-25-15(24)10-3-2-6-22(8-10)9-14(23)21-13-7-11(16(18,19)20)4-5-12(13)17/h2-8H,9H2,1H3/p+1. The van der Waals surface area contributed by atoms with Crippen molar-refractivity contribution in [2.75, 3.05) is 12.4 Å². The van der Waals surface area contributed by atoms with Crippen molar-refractivity contribution in [3.63, 3.8) is 0 Å². The summed E-state index contributed by atoms with van der Waals surface area (Å²) in [7, 11) is 1.22. The number of alkyl halides is 3. The first-order chi connectivity index (χ1) is 11.7. The maximum atomic E-state index is 12.7. The number of halogens is 4. The number of carbonyl (C=O) groups is 2. The number of nitrogens with zero attached hydrogens (tertiary/aromatic N) is 1. The molecule has 1 aromatic heterocycles. The van der Waals surface area contributed by atoms with Gasteiger partial charge in [0.1, 0.15) is 5.56 Å². The van der Waals surface area contributed by atoms with Crippen LogP contribution in [0, 0.1) is 0 Å². The van der Waals surface area contributed by atoms with Gasteiger partial charge in [-0.25, -0.2) is 4.79 Å². The van der Waals surface area contributed by atoms with Gasteiger partial charge in [-0.1, -0.05) is 11.6 Å². The second kappa shape index (κ2) is 7.52. The zero-order valence-corrected chi connectivity index (χ0v) is 13.7. The Labute approximate surface area is 146 Å². The Morgan fingerprint density at radius 1 is 1.28 bits per heavy atom. The van der Waals surface area contributed by atoms with Crippen molar-refractivity contribution in [2.45, 2.75) is 12.7 Å². The quantitative estimate of drug-likeness (QED) is 0.662. The molecule has 0 atom stereocenters. The highest BCUT2D eigenvalue weighted by Crippen LogP contribution is 2.33. The lowest BCUT2D eigenvalue weighted by molar-refractivity contribution is -0.684. The lowest BCUT2D eigenvalue weighted by Gasteiger charge is -2.11. The minimum Gasteiger partial charge on any atom is -0.465 e. The summed E-state index contributed by atoms with van der Waals surface area (Å²) in [5, 5.41) is 2.31. The van der Waals surface area contributed by atoms with Crippen molar-refractivity contribution < 1.29 is 32.1 Å². The van der Waals surface area contributed by atoms with Crippen molar-refractivity contribution in [2.24, 2.45) is 0 Å². The van der Waals surface area contributed by atoms with Crippen molar-refractivity contribution >= 4 is 29.2 Å². The van der Waals surface area contributed by atoms with Crippen LogP contribution < -0.4 is 9.88 Å². The number of methoxy groups -OCH3 is 1. The van der Waals surface area contributed by atoms with Crippen LogP contribution in [0.3, 0.4) is 0 Å². The molecule has 9 heteroatoms. The normalized spacial score (nSPS) is 11.1. The molecule has 1 N–H and O–H groups in total. The van der Waals surface area contributed by atoms with Crippen LogP contribution in [0.5, 0.6) is 0 Å². The average Bonchev–Trinajstić information content (AvgIpc) is 2.55. The number of hydrogen-bond acceptors (Lipinski definition) is 3. The molecule has 0 radical (unpaired) electrons. The molecule has 0 unspecified atom stereocenters. The van der Waals surface area contributed by atoms with Crippen molar-refractivity contribution in [1.82, 2.24) is 0 Å². The number of nitrogens with one attached hydrogen (secondary N) is 1. The fourth-order valence-electron chi connectivity index (χ4n) is 2.01. The molecule has 132 valence electrons. The number of hydrogen-bond donors (Lipinski definition) is 1. The van der Waals surface area contributed by atoms with Gasteiger partial charge < -0.3 is 10.1 Å². The number of anilines is 1. The van der Waals surface area contributed by atoms with Crippen LogP contribution in [0.1, 0.15) is 15.9 Å². The molecular formula is C16H13ClF3N2O3+. The second-order valence-corrected chi connectivity index (χ2v) is 5.40. The molecule has 2 rings (SSSR count). The zero-order valence-electron chi connectivity index (χ0n) is 12.9. The van der Waals surface area contributed by atoms with Gasteiger partial charge in [0, 0.05) is 6.07 Å². The summed E-state index contributed by atoms with van der Waals surface area (Å²) in [6.45, 7) is -0.225. The van der Waals surface area contributed by atoms with Crippen LogP contribution in [0.2, 0.25) is 5.02 Å². The number of benzene rings is 1. The Balaban J connectivity index is 2.14. The molecule has 0 saturated heterocycles. The maximum absolute atomic E-state index is 12.7. The van der Waals surface area contributed by atoms with E-state index >= 15 is 0 Å². The third-order valence-corrected chi connectivity index (χ3v) is 3.50. The molecule has 0 aliphatic carbocycles. The highest BCUT2D eigenvalue weighted by Gasteiger charge is 2.31. The smallest absolute Gasteiger partial charge is 0.416 e. The van der Waals surface area contributed by atoms with Gasteiger partial charge in [-0.3, -0.25) is 4.79 Å². The molecule has 0 spiro atoms. The van der Waals surface area contributed by atoms with E-state index in [1.54, 1.807) is 0 Å². The SMILES string of the molecule is COC(=O)c1ccc[n+](CC(=O)Nc2cc(C(F)(F)F)ccc2Cl)c1. The minimum atomic E-state index is -4.55. The number of esters is 1. The number of carbonyl (C=O) groups excluding carboxylic acids is 2. The van der Waals surface area contributed by atoms with Crippen LogP contribution in [0.4, 0.5) is 18.9 Å². The summed E-state index contributed by atoms with van der Waals surface area (Å²) in [5.41, 5.74) is -0.839. The summed E-state index contributed by atoms with van der Waals surface area (Å²) in [4.78, 5) is 23.5. The van der Waals surface area contributed by atoms with Gasteiger partial charge in [0.05, 0.1) is 23.4 Å². The molecule has 0 aliphatic heterocycles. The Bertz CT molecular complexity index is 809. The van der Waals surface area contributed by atoms with E-state index in [0.717, 1.165) is 18.2 Å². The molecule has 1 amide bonds. The van der Waals surface area contributed by atoms with E-state index in [-0.39, 0.29) is 22.8 Å². The molecule has 0 aliphatic rings. The van der Waals surface area contributed by atoms with E-state index in [1.807, 2.05) is 0 Å². The van der Waals surface area contributed by atoms with E-state index in [0.29, 0.717) is 0 Å².